The molecule has 5 nitrogen and oxygen atoms in total. The van der Waals surface area contributed by atoms with Gasteiger partial charge in [0.2, 0.25) is 11.8 Å². The molecule has 118 valence electrons. The molecule has 1 aliphatic rings. The zero-order valence-corrected chi connectivity index (χ0v) is 13.8. The van der Waals surface area contributed by atoms with Gasteiger partial charge in [0.1, 0.15) is 0 Å². The summed E-state index contributed by atoms with van der Waals surface area (Å²) in [7, 11) is -3.46. The van der Waals surface area contributed by atoms with Crippen LogP contribution in [0.4, 0.5) is 5.69 Å². The number of benzene rings is 1. The number of carbonyl (C=O) groups excluding carboxylic acids is 2. The van der Waals surface area contributed by atoms with Gasteiger partial charge >= 0.3 is 0 Å². The van der Waals surface area contributed by atoms with E-state index >= 15 is 0 Å². The largest absolute Gasteiger partial charge is 0.274 e. The molecule has 2 rings (SSSR count). The standard InChI is InChI=1S/C14H13Cl2NO4S/c1-2-3-22(20,21)8-9-4-13(18)17(14(9)19)12-6-10(15)5-11(16)7-12/h2,5-7,9H,1,3-4,8H2. The number of nitrogens with zero attached hydrogens (tertiary/aromatic N) is 1. The fraction of sp³-hybridized carbons (Fsp3) is 0.286. The number of sulfone groups is 1. The molecule has 0 aromatic heterocycles. The summed E-state index contributed by atoms with van der Waals surface area (Å²) in [6.45, 7) is 3.37. The van der Waals surface area contributed by atoms with Crippen molar-refractivity contribution in [1.29, 1.82) is 0 Å². The highest BCUT2D eigenvalue weighted by Crippen LogP contribution is 2.31. The minimum Gasteiger partial charge on any atom is -0.274 e. The van der Waals surface area contributed by atoms with Crippen LogP contribution in [0.3, 0.4) is 0 Å². The summed E-state index contributed by atoms with van der Waals surface area (Å²) in [5.41, 5.74) is 0.246. The van der Waals surface area contributed by atoms with Crippen molar-refractivity contribution in [1.82, 2.24) is 0 Å². The SMILES string of the molecule is C=CCS(=O)(=O)CC1CC(=O)N(c2cc(Cl)cc(Cl)c2)C1=O. The summed E-state index contributed by atoms with van der Waals surface area (Å²) in [6.07, 6.45) is 1.10. The quantitative estimate of drug-likeness (QED) is 0.596. The molecule has 0 radical (unpaired) electrons. The number of imide groups is 1. The molecule has 2 amide bonds. The van der Waals surface area contributed by atoms with Gasteiger partial charge in [0.15, 0.2) is 9.84 Å². The van der Waals surface area contributed by atoms with Crippen molar-refractivity contribution in [3.8, 4) is 0 Å². The second-order valence-corrected chi connectivity index (χ2v) is 7.99. The van der Waals surface area contributed by atoms with Crippen molar-refractivity contribution in [2.45, 2.75) is 6.42 Å². The lowest BCUT2D eigenvalue weighted by molar-refractivity contribution is -0.122. The molecule has 8 heteroatoms. The highest BCUT2D eigenvalue weighted by Gasteiger charge is 2.41. The molecular weight excluding hydrogens is 349 g/mol. The molecule has 1 heterocycles. The Morgan fingerprint density at radius 1 is 1.23 bits per heavy atom. The van der Waals surface area contributed by atoms with Crippen molar-refractivity contribution >= 4 is 50.5 Å². The zero-order chi connectivity index (χ0) is 16.5. The summed E-state index contributed by atoms with van der Waals surface area (Å²) >= 11 is 11.7. The van der Waals surface area contributed by atoms with Gasteiger partial charge in [-0.25, -0.2) is 8.42 Å². The van der Waals surface area contributed by atoms with Gasteiger partial charge in [0.25, 0.3) is 0 Å². The second kappa shape index (κ2) is 6.40. The van der Waals surface area contributed by atoms with E-state index in [4.69, 9.17) is 23.2 Å². The van der Waals surface area contributed by atoms with Gasteiger partial charge in [-0.1, -0.05) is 29.3 Å². The molecule has 1 aromatic rings. The minimum absolute atomic E-state index is 0.153. The topological polar surface area (TPSA) is 71.5 Å². The predicted molar refractivity (Wildman–Crippen MR) is 85.9 cm³/mol. The highest BCUT2D eigenvalue weighted by molar-refractivity contribution is 7.91. The first-order chi connectivity index (χ1) is 10.2. The average molecular weight is 362 g/mol. The third-order valence-electron chi connectivity index (χ3n) is 3.17. The summed E-state index contributed by atoms with van der Waals surface area (Å²) in [6, 6.07) is 4.34. The number of carbonyl (C=O) groups is 2. The van der Waals surface area contributed by atoms with Crippen LogP contribution in [-0.4, -0.2) is 31.7 Å². The van der Waals surface area contributed by atoms with E-state index in [9.17, 15) is 18.0 Å². The van der Waals surface area contributed by atoms with Gasteiger partial charge in [-0.2, -0.15) is 0 Å². The maximum Gasteiger partial charge on any atom is 0.238 e. The van der Waals surface area contributed by atoms with Gasteiger partial charge in [0, 0.05) is 16.5 Å². The third kappa shape index (κ3) is 3.69. The van der Waals surface area contributed by atoms with Gasteiger partial charge in [-0.3, -0.25) is 14.5 Å². The van der Waals surface area contributed by atoms with Crippen LogP contribution in [0, 0.1) is 5.92 Å². The van der Waals surface area contributed by atoms with Gasteiger partial charge in [-0.05, 0) is 18.2 Å². The van der Waals surface area contributed by atoms with Crippen molar-refractivity contribution in [3.05, 3.63) is 40.9 Å². The average Bonchev–Trinajstić information content (AvgIpc) is 2.62. The molecule has 0 N–H and O–H groups in total. The summed E-state index contributed by atoms with van der Waals surface area (Å²) in [5, 5.41) is 0.566. The Morgan fingerprint density at radius 3 is 2.36 bits per heavy atom. The molecule has 1 aliphatic heterocycles. The Bertz CT molecular complexity index is 725. The monoisotopic (exact) mass is 361 g/mol. The third-order valence-corrected chi connectivity index (χ3v) is 5.26. The molecule has 1 saturated heterocycles. The summed E-state index contributed by atoms with van der Waals surface area (Å²) in [5.74, 6) is -2.53. The highest BCUT2D eigenvalue weighted by atomic mass is 35.5. The van der Waals surface area contributed by atoms with Crippen molar-refractivity contribution in [3.63, 3.8) is 0 Å². The molecule has 1 atom stereocenters. The van der Waals surface area contributed by atoms with E-state index in [0.717, 1.165) is 4.90 Å². The molecule has 0 bridgehead atoms. The number of hydrogen-bond acceptors (Lipinski definition) is 4. The molecule has 0 spiro atoms. The maximum atomic E-state index is 12.3. The Morgan fingerprint density at radius 2 is 1.82 bits per heavy atom. The second-order valence-electron chi connectivity index (χ2n) is 4.96. The molecule has 22 heavy (non-hydrogen) atoms. The van der Waals surface area contributed by atoms with Crippen LogP contribution < -0.4 is 4.90 Å². The van der Waals surface area contributed by atoms with Crippen LogP contribution >= 0.6 is 23.2 Å². The van der Waals surface area contributed by atoms with Gasteiger partial charge in [0.05, 0.1) is 23.1 Å². The molecule has 1 unspecified atom stereocenters. The van der Waals surface area contributed by atoms with Crippen LogP contribution in [0.25, 0.3) is 0 Å². The first-order valence-electron chi connectivity index (χ1n) is 6.37. The summed E-state index contributed by atoms with van der Waals surface area (Å²) < 4.78 is 23.6. The van der Waals surface area contributed by atoms with Crippen LogP contribution in [0.15, 0.2) is 30.9 Å². The Balaban J connectivity index is 2.27. The normalized spacial score (nSPS) is 18.8. The van der Waals surface area contributed by atoms with Crippen LogP contribution in [0.2, 0.25) is 10.0 Å². The first kappa shape index (κ1) is 17.0. The maximum absolute atomic E-state index is 12.3. The van der Waals surface area contributed by atoms with E-state index in [0.29, 0.717) is 0 Å². The fourth-order valence-electron chi connectivity index (χ4n) is 2.32. The summed E-state index contributed by atoms with van der Waals surface area (Å²) in [4.78, 5) is 25.4. The van der Waals surface area contributed by atoms with Crippen LogP contribution in [-0.2, 0) is 19.4 Å². The lowest BCUT2D eigenvalue weighted by Gasteiger charge is -2.15. The van der Waals surface area contributed by atoms with E-state index in [-0.39, 0.29) is 33.7 Å². The van der Waals surface area contributed by atoms with Crippen LogP contribution in [0.5, 0.6) is 0 Å². The van der Waals surface area contributed by atoms with Crippen molar-refractivity contribution in [2.75, 3.05) is 16.4 Å². The Kier molecular flexibility index (Phi) is 4.94. The van der Waals surface area contributed by atoms with Gasteiger partial charge in [-0.15, -0.1) is 6.58 Å². The first-order valence-corrected chi connectivity index (χ1v) is 8.95. The smallest absolute Gasteiger partial charge is 0.238 e. The van der Waals surface area contributed by atoms with E-state index in [1.54, 1.807) is 0 Å². The van der Waals surface area contributed by atoms with E-state index in [2.05, 4.69) is 6.58 Å². The lowest BCUT2D eigenvalue weighted by atomic mass is 10.1. The number of rotatable bonds is 5. The lowest BCUT2D eigenvalue weighted by Crippen LogP contribution is -2.32. The zero-order valence-electron chi connectivity index (χ0n) is 11.5. The fourth-order valence-corrected chi connectivity index (χ4v) is 4.20. The molecule has 0 aliphatic carbocycles. The number of anilines is 1. The minimum atomic E-state index is -3.46. The Labute approximate surface area is 138 Å². The molecule has 1 fully saturated rings. The van der Waals surface area contributed by atoms with E-state index < -0.39 is 27.6 Å². The number of amides is 2. The van der Waals surface area contributed by atoms with E-state index in [1.165, 1.54) is 24.3 Å². The molecular formula is C14H13Cl2NO4S. The van der Waals surface area contributed by atoms with E-state index in [1.807, 2.05) is 0 Å². The molecule has 1 aromatic carbocycles. The van der Waals surface area contributed by atoms with Crippen molar-refractivity contribution in [2.24, 2.45) is 5.92 Å². The Hall–Kier alpha value is -1.37. The number of halogens is 2. The van der Waals surface area contributed by atoms with Gasteiger partial charge < -0.3 is 0 Å². The van der Waals surface area contributed by atoms with Crippen molar-refractivity contribution < 1.29 is 18.0 Å². The van der Waals surface area contributed by atoms with Crippen LogP contribution in [0.1, 0.15) is 6.42 Å². The molecule has 0 saturated carbocycles. The number of hydrogen-bond donors (Lipinski definition) is 0. The predicted octanol–water partition coefficient (Wildman–Crippen LogP) is 2.47.